The molecule has 0 heterocycles. The first-order chi connectivity index (χ1) is 20.6. The van der Waals surface area contributed by atoms with Crippen LogP contribution in [0.4, 0.5) is 0 Å². The van der Waals surface area contributed by atoms with E-state index in [9.17, 15) is 34.2 Å². The van der Waals surface area contributed by atoms with Gasteiger partial charge in [-0.2, -0.15) is 0 Å². The number of aromatic hydroxyl groups is 1. The van der Waals surface area contributed by atoms with Crippen molar-refractivity contribution >= 4 is 29.6 Å². The number of phenolic OH excluding ortho intramolecular Hbond substituents is 1. The van der Waals surface area contributed by atoms with Crippen LogP contribution in [0.5, 0.6) is 5.75 Å². The average molecular weight is 612 g/mol. The summed E-state index contributed by atoms with van der Waals surface area (Å²) in [6.45, 7) is 10.2. The monoisotopic (exact) mass is 611 g/mol. The van der Waals surface area contributed by atoms with Gasteiger partial charge in [0.2, 0.25) is 23.6 Å². The predicted molar refractivity (Wildman–Crippen MR) is 166 cm³/mol. The highest BCUT2D eigenvalue weighted by Crippen LogP contribution is 2.22. The quantitative estimate of drug-likeness (QED) is 0.155. The Kier molecular flexibility index (Phi) is 13.3. The maximum Gasteiger partial charge on any atom is 0.326 e. The molecule has 2 rings (SSSR count). The van der Waals surface area contributed by atoms with Crippen molar-refractivity contribution in [3.63, 3.8) is 0 Å². The first kappa shape index (κ1) is 35.7. The summed E-state index contributed by atoms with van der Waals surface area (Å²) in [6.07, 6.45) is 0.536. The maximum atomic E-state index is 13.2. The summed E-state index contributed by atoms with van der Waals surface area (Å²) in [5, 5.41) is 29.3. The molecule has 12 nitrogen and oxygen atoms in total. The second-order valence-electron chi connectivity index (χ2n) is 11.6. The van der Waals surface area contributed by atoms with Crippen molar-refractivity contribution in [1.29, 1.82) is 0 Å². The molecule has 12 heteroatoms. The number of hydrogen-bond acceptors (Lipinski definition) is 7. The predicted octanol–water partition coefficient (Wildman–Crippen LogP) is 1.07. The van der Waals surface area contributed by atoms with Gasteiger partial charge in [-0.15, -0.1) is 0 Å². The fourth-order valence-corrected chi connectivity index (χ4v) is 4.94. The lowest BCUT2D eigenvalue weighted by Crippen LogP contribution is -2.54. The molecule has 0 aliphatic carbocycles. The fraction of sp³-hybridized carbons (Fsp3) is 0.469. The van der Waals surface area contributed by atoms with Gasteiger partial charge in [0.25, 0.3) is 0 Å². The van der Waals surface area contributed by atoms with Crippen LogP contribution in [0, 0.1) is 33.6 Å². The number of aryl methyl sites for hydroxylation is 4. The topological polar surface area (TPSA) is 200 Å². The van der Waals surface area contributed by atoms with Crippen LogP contribution in [0.2, 0.25) is 0 Å². The van der Waals surface area contributed by atoms with Gasteiger partial charge in [-0.25, -0.2) is 4.79 Å². The van der Waals surface area contributed by atoms with Gasteiger partial charge in [0, 0.05) is 6.42 Å². The summed E-state index contributed by atoms with van der Waals surface area (Å²) >= 11 is 0. The van der Waals surface area contributed by atoms with Crippen LogP contribution >= 0.6 is 0 Å². The van der Waals surface area contributed by atoms with E-state index in [0.29, 0.717) is 0 Å². The molecule has 0 saturated heterocycles. The number of aliphatic carboxylic acids is 1. The highest BCUT2D eigenvalue weighted by atomic mass is 16.4. The Bertz CT molecular complexity index is 1330. The normalized spacial score (nSPS) is 13.0. The second kappa shape index (κ2) is 16.4. The molecule has 0 fully saturated rings. The number of carboxylic acids is 1. The third-order valence-electron chi connectivity index (χ3n) is 7.34. The summed E-state index contributed by atoms with van der Waals surface area (Å²) in [5.41, 5.74) is 11.1. The Hall–Kier alpha value is -4.45. The lowest BCUT2D eigenvalue weighted by molar-refractivity contribution is -0.142. The molecule has 0 unspecified atom stereocenters. The van der Waals surface area contributed by atoms with Crippen LogP contribution in [0.1, 0.15) is 53.6 Å². The van der Waals surface area contributed by atoms with Gasteiger partial charge in [-0.1, -0.05) is 32.0 Å². The molecule has 0 bridgehead atoms. The molecule has 0 spiro atoms. The van der Waals surface area contributed by atoms with E-state index >= 15 is 0 Å². The van der Waals surface area contributed by atoms with E-state index in [-0.39, 0.29) is 30.9 Å². The average Bonchev–Trinajstić information content (AvgIpc) is 2.92. The van der Waals surface area contributed by atoms with E-state index < -0.39 is 60.8 Å². The van der Waals surface area contributed by atoms with Crippen molar-refractivity contribution in [2.24, 2.45) is 11.7 Å². The van der Waals surface area contributed by atoms with Gasteiger partial charge in [-0.3, -0.25) is 19.2 Å². The minimum Gasteiger partial charge on any atom is -0.508 e. The summed E-state index contributed by atoms with van der Waals surface area (Å²) in [7, 11) is 0. The molecule has 0 aliphatic rings. The fourth-order valence-electron chi connectivity index (χ4n) is 4.94. The lowest BCUT2D eigenvalue weighted by atomic mass is 9.95. The molecule has 0 aliphatic heterocycles. The van der Waals surface area contributed by atoms with Crippen LogP contribution in [-0.2, 0) is 36.8 Å². The first-order valence-electron chi connectivity index (χ1n) is 14.6. The molecular weight excluding hydrogens is 566 g/mol. The number of carbonyl (C=O) groups is 5. The zero-order chi connectivity index (χ0) is 33.1. The number of amides is 4. The molecule has 4 amide bonds. The maximum absolute atomic E-state index is 13.2. The summed E-state index contributed by atoms with van der Waals surface area (Å²) in [6, 6.07) is 5.63. The van der Waals surface area contributed by atoms with Crippen molar-refractivity contribution < 1.29 is 34.2 Å². The van der Waals surface area contributed by atoms with Gasteiger partial charge >= 0.3 is 5.97 Å². The molecule has 0 radical (unpaired) electrons. The van der Waals surface area contributed by atoms with E-state index in [0.717, 1.165) is 33.4 Å². The number of nitrogens with one attached hydrogen (secondary N) is 4. The van der Waals surface area contributed by atoms with Crippen LogP contribution < -0.4 is 27.0 Å². The van der Waals surface area contributed by atoms with E-state index in [4.69, 9.17) is 5.73 Å². The number of hydrogen-bond donors (Lipinski definition) is 7. The van der Waals surface area contributed by atoms with E-state index in [2.05, 4.69) is 21.3 Å². The Labute approximate surface area is 258 Å². The highest BCUT2D eigenvalue weighted by molar-refractivity contribution is 5.93. The largest absolute Gasteiger partial charge is 0.508 e. The number of nitrogens with two attached hydrogens (primary N) is 1. The molecular formula is C32H45N5O7. The minimum absolute atomic E-state index is 0.00866. The summed E-state index contributed by atoms with van der Waals surface area (Å²) in [5.74, 6) is -3.56. The Morgan fingerprint density at radius 3 is 1.84 bits per heavy atom. The Morgan fingerprint density at radius 2 is 1.30 bits per heavy atom. The molecule has 8 N–H and O–H groups in total. The lowest BCUT2D eigenvalue weighted by Gasteiger charge is -2.24. The SMILES string of the molecule is Cc1cccc(C)c1C[C@H](NC(=O)CNC(=O)CNC(=O)[C@@H](N)Cc1c(C)cc(O)cc1C)C(=O)N[C@@H](CC(C)C)C(=O)O. The van der Waals surface area contributed by atoms with Crippen LogP contribution in [0.25, 0.3) is 0 Å². The van der Waals surface area contributed by atoms with Crippen LogP contribution in [0.3, 0.4) is 0 Å². The second-order valence-corrected chi connectivity index (χ2v) is 11.6. The standard InChI is InChI=1S/C32H45N5O7/c1-17(2)10-27(32(43)44)37-31(42)26(14-24-18(3)8-7-9-19(24)4)36-29(40)16-34-28(39)15-35-30(41)25(33)13-23-20(5)11-22(38)12-21(23)6/h7-9,11-12,17,25-27,38H,10,13-16,33H2,1-6H3,(H,34,39)(H,35,41)(H,36,40)(H,37,42)(H,43,44)/t25-,26-,27-/m0/s1. The number of carbonyl (C=O) groups excluding carboxylic acids is 4. The third-order valence-corrected chi connectivity index (χ3v) is 7.34. The van der Waals surface area contributed by atoms with Gasteiger partial charge in [0.05, 0.1) is 19.1 Å². The van der Waals surface area contributed by atoms with Crippen molar-refractivity contribution in [2.45, 2.75) is 78.9 Å². The van der Waals surface area contributed by atoms with Crippen molar-refractivity contribution in [3.8, 4) is 5.75 Å². The van der Waals surface area contributed by atoms with E-state index in [1.165, 1.54) is 0 Å². The molecule has 2 aromatic rings. The smallest absolute Gasteiger partial charge is 0.326 e. The third kappa shape index (κ3) is 11.0. The summed E-state index contributed by atoms with van der Waals surface area (Å²) < 4.78 is 0. The van der Waals surface area contributed by atoms with Crippen molar-refractivity contribution in [1.82, 2.24) is 21.3 Å². The molecule has 0 aromatic heterocycles. The van der Waals surface area contributed by atoms with Crippen LogP contribution in [-0.4, -0.2) is 71.0 Å². The van der Waals surface area contributed by atoms with E-state index in [1.807, 2.05) is 45.9 Å². The van der Waals surface area contributed by atoms with Gasteiger partial charge in [0.15, 0.2) is 0 Å². The molecule has 3 atom stereocenters. The van der Waals surface area contributed by atoms with Crippen LogP contribution in [0.15, 0.2) is 30.3 Å². The van der Waals surface area contributed by atoms with Crippen molar-refractivity contribution in [3.05, 3.63) is 63.7 Å². The Balaban J connectivity index is 1.99. The zero-order valence-corrected chi connectivity index (χ0v) is 26.2. The number of rotatable bonds is 15. The number of carboxylic acid groups (broad SMARTS) is 1. The number of phenols is 1. The van der Waals surface area contributed by atoms with Crippen molar-refractivity contribution in [2.75, 3.05) is 13.1 Å². The van der Waals surface area contributed by atoms with Gasteiger partial charge in [0.1, 0.15) is 17.8 Å². The van der Waals surface area contributed by atoms with Gasteiger partial charge in [-0.05, 0) is 92.0 Å². The molecule has 44 heavy (non-hydrogen) atoms. The molecule has 2 aromatic carbocycles. The highest BCUT2D eigenvalue weighted by Gasteiger charge is 2.28. The molecule has 240 valence electrons. The Morgan fingerprint density at radius 1 is 0.750 bits per heavy atom. The summed E-state index contributed by atoms with van der Waals surface area (Å²) in [4.78, 5) is 62.7. The van der Waals surface area contributed by atoms with Gasteiger partial charge < -0.3 is 37.2 Å². The van der Waals surface area contributed by atoms with E-state index in [1.54, 1.807) is 26.0 Å². The first-order valence-corrected chi connectivity index (χ1v) is 14.6. The minimum atomic E-state index is -1.17. The zero-order valence-electron chi connectivity index (χ0n) is 26.2. The molecule has 0 saturated carbocycles. The number of benzene rings is 2.